The maximum absolute atomic E-state index is 12.1. The number of hydrogen-bond donors (Lipinski definition) is 2. The first kappa shape index (κ1) is 15.9. The Morgan fingerprint density at radius 2 is 1.91 bits per heavy atom. The number of esters is 1. The molecule has 0 aliphatic carbocycles. The van der Waals surface area contributed by atoms with E-state index in [-0.39, 0.29) is 5.11 Å². The Hall–Kier alpha value is -2.44. The molecule has 0 aliphatic heterocycles. The highest BCUT2D eigenvalue weighted by Gasteiger charge is 2.10. The molecule has 7 heteroatoms. The number of carbonyl (C=O) groups is 1. The van der Waals surface area contributed by atoms with Crippen LogP contribution in [0.15, 0.2) is 53.6 Å². The summed E-state index contributed by atoms with van der Waals surface area (Å²) >= 11 is 10.4. The fourth-order valence-electron chi connectivity index (χ4n) is 1.59. The van der Waals surface area contributed by atoms with E-state index < -0.39 is 5.97 Å². The first-order valence-electron chi connectivity index (χ1n) is 6.21. The Morgan fingerprint density at radius 1 is 1.23 bits per heavy atom. The molecule has 5 nitrogen and oxygen atoms in total. The zero-order chi connectivity index (χ0) is 15.9. The molecule has 0 radical (unpaired) electrons. The molecular formula is C15H12ClN3O2S. The summed E-state index contributed by atoms with van der Waals surface area (Å²) in [6, 6.07) is 13.4. The highest BCUT2D eigenvalue weighted by molar-refractivity contribution is 7.80. The van der Waals surface area contributed by atoms with Gasteiger partial charge < -0.3 is 10.5 Å². The van der Waals surface area contributed by atoms with Crippen molar-refractivity contribution in [3.8, 4) is 5.75 Å². The van der Waals surface area contributed by atoms with Gasteiger partial charge in [-0.3, -0.25) is 5.43 Å². The van der Waals surface area contributed by atoms with Crippen LogP contribution in [0.3, 0.4) is 0 Å². The molecule has 0 fully saturated rings. The van der Waals surface area contributed by atoms with Gasteiger partial charge in [0.25, 0.3) is 0 Å². The second kappa shape index (κ2) is 7.53. The largest absolute Gasteiger partial charge is 0.422 e. The average Bonchev–Trinajstić information content (AvgIpc) is 2.49. The summed E-state index contributed by atoms with van der Waals surface area (Å²) in [6.07, 6.45) is 1.46. The summed E-state index contributed by atoms with van der Waals surface area (Å²) in [5.74, 6) is -0.115. The molecule has 2 aromatic carbocycles. The van der Waals surface area contributed by atoms with Gasteiger partial charge in [-0.15, -0.1) is 0 Å². The van der Waals surface area contributed by atoms with E-state index in [1.807, 2.05) is 0 Å². The van der Waals surface area contributed by atoms with E-state index in [1.165, 1.54) is 6.21 Å². The van der Waals surface area contributed by atoms with Crippen LogP contribution in [-0.2, 0) is 0 Å². The third-order valence-corrected chi connectivity index (χ3v) is 2.92. The minimum absolute atomic E-state index is 0.0480. The van der Waals surface area contributed by atoms with Crippen LogP contribution < -0.4 is 15.9 Å². The van der Waals surface area contributed by atoms with Crippen LogP contribution in [0.25, 0.3) is 0 Å². The predicted octanol–water partition coefficient (Wildman–Crippen LogP) is 2.73. The van der Waals surface area contributed by atoms with Gasteiger partial charge in [-0.2, -0.15) is 5.10 Å². The third kappa shape index (κ3) is 4.54. The lowest BCUT2D eigenvalue weighted by Gasteiger charge is -2.07. The average molecular weight is 334 g/mol. The fourth-order valence-corrected chi connectivity index (χ4v) is 1.77. The monoisotopic (exact) mass is 333 g/mol. The molecule has 0 atom stereocenters. The SMILES string of the molecule is NC(=S)N/N=C/c1ccccc1OC(=O)c1ccc(Cl)cc1. The van der Waals surface area contributed by atoms with Crippen LogP contribution >= 0.6 is 23.8 Å². The zero-order valence-electron chi connectivity index (χ0n) is 11.3. The molecule has 0 bridgehead atoms. The molecule has 0 aliphatic rings. The van der Waals surface area contributed by atoms with Crippen molar-refractivity contribution in [2.24, 2.45) is 10.8 Å². The molecule has 0 amide bonds. The van der Waals surface area contributed by atoms with Crippen molar-refractivity contribution in [2.75, 3.05) is 0 Å². The Labute approximate surface area is 137 Å². The van der Waals surface area contributed by atoms with E-state index in [4.69, 9.17) is 22.1 Å². The first-order chi connectivity index (χ1) is 10.6. The smallest absolute Gasteiger partial charge is 0.343 e. The van der Waals surface area contributed by atoms with Crippen LogP contribution in [-0.4, -0.2) is 17.3 Å². The van der Waals surface area contributed by atoms with Crippen LogP contribution in [0.2, 0.25) is 5.02 Å². The number of para-hydroxylation sites is 1. The number of nitrogens with one attached hydrogen (secondary N) is 1. The van der Waals surface area contributed by atoms with Crippen molar-refractivity contribution in [1.82, 2.24) is 5.43 Å². The molecule has 0 unspecified atom stereocenters. The van der Waals surface area contributed by atoms with E-state index in [2.05, 4.69) is 22.7 Å². The standard InChI is InChI=1S/C15H12ClN3O2S/c16-12-7-5-10(6-8-12)14(20)21-13-4-2-1-3-11(13)9-18-19-15(17)22/h1-9H,(H3,17,19,22)/b18-9+. The minimum Gasteiger partial charge on any atom is -0.422 e. The second-order valence-electron chi connectivity index (χ2n) is 4.17. The van der Waals surface area contributed by atoms with Gasteiger partial charge in [0.2, 0.25) is 0 Å². The van der Waals surface area contributed by atoms with Crippen LogP contribution in [0.5, 0.6) is 5.75 Å². The number of carbonyl (C=O) groups excluding carboxylic acids is 1. The van der Waals surface area contributed by atoms with Crippen molar-refractivity contribution in [3.05, 3.63) is 64.7 Å². The molecule has 2 rings (SSSR count). The normalized spacial score (nSPS) is 10.4. The highest BCUT2D eigenvalue weighted by Crippen LogP contribution is 2.18. The number of nitrogens with two attached hydrogens (primary N) is 1. The van der Waals surface area contributed by atoms with E-state index in [0.29, 0.717) is 21.9 Å². The van der Waals surface area contributed by atoms with Gasteiger partial charge in [0.1, 0.15) is 5.75 Å². The molecule has 0 heterocycles. The van der Waals surface area contributed by atoms with Crippen molar-refractivity contribution in [3.63, 3.8) is 0 Å². The first-order valence-corrected chi connectivity index (χ1v) is 7.00. The van der Waals surface area contributed by atoms with Gasteiger partial charge in [-0.25, -0.2) is 4.79 Å². The number of hydrazone groups is 1. The van der Waals surface area contributed by atoms with Crippen molar-refractivity contribution < 1.29 is 9.53 Å². The van der Waals surface area contributed by atoms with Gasteiger partial charge >= 0.3 is 5.97 Å². The Kier molecular flexibility index (Phi) is 5.46. The summed E-state index contributed by atoms with van der Waals surface area (Å²) in [5, 5.41) is 4.44. The van der Waals surface area contributed by atoms with Gasteiger partial charge in [0, 0.05) is 10.6 Å². The predicted molar refractivity (Wildman–Crippen MR) is 90.4 cm³/mol. The molecule has 22 heavy (non-hydrogen) atoms. The molecule has 0 spiro atoms. The van der Waals surface area contributed by atoms with E-state index in [0.717, 1.165) is 0 Å². The minimum atomic E-state index is -0.486. The van der Waals surface area contributed by atoms with Gasteiger partial charge in [-0.05, 0) is 48.6 Å². The van der Waals surface area contributed by atoms with Crippen molar-refractivity contribution >= 4 is 41.1 Å². The zero-order valence-corrected chi connectivity index (χ0v) is 12.9. The van der Waals surface area contributed by atoms with Gasteiger partial charge in [0.05, 0.1) is 11.8 Å². The Balaban J connectivity index is 2.15. The summed E-state index contributed by atoms with van der Waals surface area (Å²) in [4.78, 5) is 12.1. The van der Waals surface area contributed by atoms with Gasteiger partial charge in [-0.1, -0.05) is 23.7 Å². The number of rotatable bonds is 4. The molecule has 0 aromatic heterocycles. The number of hydrogen-bond acceptors (Lipinski definition) is 4. The lowest BCUT2D eigenvalue weighted by atomic mass is 10.2. The van der Waals surface area contributed by atoms with Crippen LogP contribution in [0, 0.1) is 0 Å². The summed E-state index contributed by atoms with van der Waals surface area (Å²) in [5.41, 5.74) is 8.72. The van der Waals surface area contributed by atoms with Crippen LogP contribution in [0.1, 0.15) is 15.9 Å². The lowest BCUT2D eigenvalue weighted by molar-refractivity contribution is 0.0734. The molecule has 0 saturated carbocycles. The molecule has 0 saturated heterocycles. The maximum Gasteiger partial charge on any atom is 0.343 e. The highest BCUT2D eigenvalue weighted by atomic mass is 35.5. The van der Waals surface area contributed by atoms with Crippen molar-refractivity contribution in [2.45, 2.75) is 0 Å². The number of benzene rings is 2. The van der Waals surface area contributed by atoms with E-state index in [1.54, 1.807) is 48.5 Å². The topological polar surface area (TPSA) is 76.7 Å². The molecule has 112 valence electrons. The van der Waals surface area contributed by atoms with E-state index >= 15 is 0 Å². The van der Waals surface area contributed by atoms with Gasteiger partial charge in [0.15, 0.2) is 5.11 Å². The number of thiocarbonyl (C=S) groups is 1. The van der Waals surface area contributed by atoms with Crippen molar-refractivity contribution in [1.29, 1.82) is 0 Å². The number of nitrogens with zero attached hydrogens (tertiary/aromatic N) is 1. The van der Waals surface area contributed by atoms with E-state index in [9.17, 15) is 4.79 Å². The summed E-state index contributed by atoms with van der Waals surface area (Å²) in [6.45, 7) is 0. The molecule has 3 N–H and O–H groups in total. The quantitative estimate of drug-likeness (QED) is 0.296. The second-order valence-corrected chi connectivity index (χ2v) is 5.04. The number of ether oxygens (including phenoxy) is 1. The lowest BCUT2D eigenvalue weighted by Crippen LogP contribution is -2.24. The maximum atomic E-state index is 12.1. The summed E-state index contributed by atoms with van der Waals surface area (Å²) in [7, 11) is 0. The molecule has 2 aromatic rings. The molecular weight excluding hydrogens is 322 g/mol. The summed E-state index contributed by atoms with van der Waals surface area (Å²) < 4.78 is 5.36. The Morgan fingerprint density at radius 3 is 2.59 bits per heavy atom. The van der Waals surface area contributed by atoms with Crippen LogP contribution in [0.4, 0.5) is 0 Å². The Bertz CT molecular complexity index is 717. The number of halogens is 1. The third-order valence-electron chi connectivity index (χ3n) is 2.58. The fraction of sp³-hybridized carbons (Fsp3) is 0.